The Kier molecular flexibility index (Phi) is 5.85. The molecule has 0 unspecified atom stereocenters. The van der Waals surface area contributed by atoms with E-state index in [1.807, 2.05) is 51.1 Å². The third kappa shape index (κ3) is 4.84. The van der Waals surface area contributed by atoms with Crippen molar-refractivity contribution in [2.45, 2.75) is 33.1 Å². The summed E-state index contributed by atoms with van der Waals surface area (Å²) >= 11 is 1.31. The number of aliphatic hydroxyl groups is 1. The number of nitrogens with one attached hydrogen (secondary N) is 1. The number of aromatic nitrogens is 2. The molecule has 0 spiro atoms. The van der Waals surface area contributed by atoms with Crippen LogP contribution in [0.25, 0.3) is 0 Å². The molecule has 0 radical (unpaired) electrons. The number of hydrogen-bond donors (Lipinski definition) is 2. The molecule has 2 rings (SSSR count). The molecule has 1 atom stereocenters. The molecule has 0 aliphatic heterocycles. The summed E-state index contributed by atoms with van der Waals surface area (Å²) in [4.78, 5) is 12.2. The minimum atomic E-state index is -0.414. The van der Waals surface area contributed by atoms with Gasteiger partial charge < -0.3 is 10.4 Å². The summed E-state index contributed by atoms with van der Waals surface area (Å²) in [6.45, 7) is 6.37. The van der Waals surface area contributed by atoms with Crippen LogP contribution in [0.4, 0.5) is 0 Å². The lowest BCUT2D eigenvalue weighted by Gasteiger charge is -2.27. The van der Waals surface area contributed by atoms with Crippen LogP contribution < -0.4 is 5.32 Å². The van der Waals surface area contributed by atoms with Crippen LogP contribution in [0.3, 0.4) is 0 Å². The van der Waals surface area contributed by atoms with Crippen LogP contribution in [0.15, 0.2) is 30.3 Å². The van der Waals surface area contributed by atoms with Crippen molar-refractivity contribution in [3.8, 4) is 0 Å². The van der Waals surface area contributed by atoms with Gasteiger partial charge in [-0.25, -0.2) is 0 Å². The van der Waals surface area contributed by atoms with E-state index in [9.17, 15) is 9.90 Å². The Balaban J connectivity index is 1.97. The highest BCUT2D eigenvalue weighted by Crippen LogP contribution is 2.22. The molecule has 1 amide bonds. The van der Waals surface area contributed by atoms with E-state index >= 15 is 0 Å². The predicted molar refractivity (Wildman–Crippen MR) is 91.7 cm³/mol. The maximum Gasteiger partial charge on any atom is 0.282 e. The molecule has 1 heterocycles. The molecular formula is C17H23N3O2S. The second-order valence-electron chi connectivity index (χ2n) is 6.41. The van der Waals surface area contributed by atoms with Crippen molar-refractivity contribution in [3.05, 3.63) is 45.9 Å². The Hall–Kier alpha value is -1.79. The first-order valence-corrected chi connectivity index (χ1v) is 8.51. The highest BCUT2D eigenvalue weighted by molar-refractivity contribution is 7.13. The molecule has 1 aromatic carbocycles. The lowest BCUT2D eigenvalue weighted by Crippen LogP contribution is -2.39. The predicted octanol–water partition coefficient (Wildman–Crippen LogP) is 2.63. The average Bonchev–Trinajstić information content (AvgIpc) is 3.04. The molecule has 2 aromatic rings. The van der Waals surface area contributed by atoms with Gasteiger partial charge in [0, 0.05) is 17.9 Å². The first-order valence-electron chi connectivity index (χ1n) is 7.70. The van der Waals surface area contributed by atoms with E-state index < -0.39 is 5.41 Å². The normalized spacial score (nSPS) is 13.8. The smallest absolute Gasteiger partial charge is 0.282 e. The maximum atomic E-state index is 12.2. The standard InChI is InChI=1S/C17H23N3O2S/c1-12(2)15-19-20-16(23-15)14(22)18-10-17(3,11-21)9-13-7-5-4-6-8-13/h4-8,12,21H,9-11H2,1-3H3,(H,18,22)/t17-/m1/s1. The van der Waals surface area contributed by atoms with Gasteiger partial charge in [0.05, 0.1) is 6.61 Å². The Bertz CT molecular complexity index is 642. The van der Waals surface area contributed by atoms with E-state index in [1.165, 1.54) is 11.3 Å². The number of nitrogens with zero attached hydrogens (tertiary/aromatic N) is 2. The van der Waals surface area contributed by atoms with Gasteiger partial charge in [-0.1, -0.05) is 62.4 Å². The second kappa shape index (κ2) is 7.66. The number of amides is 1. The minimum Gasteiger partial charge on any atom is -0.396 e. The van der Waals surface area contributed by atoms with Crippen LogP contribution in [0.5, 0.6) is 0 Å². The Morgan fingerprint density at radius 3 is 2.57 bits per heavy atom. The molecule has 0 fully saturated rings. The highest BCUT2D eigenvalue weighted by atomic mass is 32.1. The van der Waals surface area contributed by atoms with Crippen LogP contribution in [0.2, 0.25) is 0 Å². The molecular weight excluding hydrogens is 310 g/mol. The van der Waals surface area contributed by atoms with E-state index in [4.69, 9.17) is 0 Å². The van der Waals surface area contributed by atoms with Gasteiger partial charge in [-0.15, -0.1) is 10.2 Å². The fourth-order valence-electron chi connectivity index (χ4n) is 2.19. The SMILES string of the molecule is CC(C)c1nnc(C(=O)NC[C@](C)(CO)Cc2ccccc2)s1. The molecule has 6 heteroatoms. The van der Waals surface area contributed by atoms with Crippen molar-refractivity contribution in [3.63, 3.8) is 0 Å². The monoisotopic (exact) mass is 333 g/mol. The zero-order valence-electron chi connectivity index (χ0n) is 13.7. The summed E-state index contributed by atoms with van der Waals surface area (Å²) < 4.78 is 0. The largest absolute Gasteiger partial charge is 0.396 e. The van der Waals surface area contributed by atoms with Gasteiger partial charge in [0.15, 0.2) is 0 Å². The summed E-state index contributed by atoms with van der Waals surface area (Å²) in [5, 5.41) is 21.8. The molecule has 1 aromatic heterocycles. The molecule has 0 aliphatic rings. The number of benzene rings is 1. The van der Waals surface area contributed by atoms with Crippen LogP contribution in [-0.2, 0) is 6.42 Å². The zero-order valence-corrected chi connectivity index (χ0v) is 14.6. The van der Waals surface area contributed by atoms with Crippen molar-refractivity contribution < 1.29 is 9.90 Å². The van der Waals surface area contributed by atoms with Crippen molar-refractivity contribution >= 4 is 17.2 Å². The van der Waals surface area contributed by atoms with Gasteiger partial charge in [0.25, 0.3) is 5.91 Å². The number of aliphatic hydroxyl groups excluding tert-OH is 1. The maximum absolute atomic E-state index is 12.2. The number of rotatable bonds is 7. The highest BCUT2D eigenvalue weighted by Gasteiger charge is 2.26. The van der Waals surface area contributed by atoms with E-state index in [2.05, 4.69) is 15.5 Å². The first kappa shape index (κ1) is 17.6. The lowest BCUT2D eigenvalue weighted by atomic mass is 9.84. The average molecular weight is 333 g/mol. The van der Waals surface area contributed by atoms with Crippen molar-refractivity contribution in [1.29, 1.82) is 0 Å². The van der Waals surface area contributed by atoms with Crippen LogP contribution in [0, 0.1) is 5.41 Å². The van der Waals surface area contributed by atoms with Gasteiger partial charge in [-0.2, -0.15) is 0 Å². The molecule has 124 valence electrons. The molecule has 0 saturated heterocycles. The van der Waals surface area contributed by atoms with Crippen molar-refractivity contribution in [2.24, 2.45) is 5.41 Å². The minimum absolute atomic E-state index is 0.00443. The van der Waals surface area contributed by atoms with E-state index in [0.29, 0.717) is 18.0 Å². The van der Waals surface area contributed by atoms with Crippen LogP contribution in [0.1, 0.15) is 47.1 Å². The van der Waals surface area contributed by atoms with E-state index in [1.54, 1.807) is 0 Å². The summed E-state index contributed by atoms with van der Waals surface area (Å²) in [5.74, 6) is 0.0250. The molecule has 2 N–H and O–H groups in total. The Morgan fingerprint density at radius 1 is 1.30 bits per heavy atom. The van der Waals surface area contributed by atoms with Gasteiger partial charge >= 0.3 is 0 Å². The third-order valence-electron chi connectivity index (χ3n) is 3.66. The molecule has 0 aliphatic carbocycles. The summed E-state index contributed by atoms with van der Waals surface area (Å²) in [6.07, 6.45) is 0.692. The summed E-state index contributed by atoms with van der Waals surface area (Å²) in [7, 11) is 0. The van der Waals surface area contributed by atoms with Crippen LogP contribution >= 0.6 is 11.3 Å². The van der Waals surface area contributed by atoms with E-state index in [0.717, 1.165) is 10.6 Å². The lowest BCUT2D eigenvalue weighted by molar-refractivity contribution is 0.0894. The van der Waals surface area contributed by atoms with Gasteiger partial charge in [0.2, 0.25) is 5.01 Å². The molecule has 23 heavy (non-hydrogen) atoms. The zero-order chi connectivity index (χ0) is 16.9. The fourth-order valence-corrected chi connectivity index (χ4v) is 2.95. The topological polar surface area (TPSA) is 75.1 Å². The second-order valence-corrected chi connectivity index (χ2v) is 7.42. The first-order chi connectivity index (χ1) is 10.9. The van der Waals surface area contributed by atoms with Crippen molar-refractivity contribution in [2.75, 3.05) is 13.2 Å². The van der Waals surface area contributed by atoms with Crippen LogP contribution in [-0.4, -0.2) is 34.4 Å². The summed E-state index contributed by atoms with van der Waals surface area (Å²) in [5.41, 5.74) is 0.721. The van der Waals surface area contributed by atoms with Crippen molar-refractivity contribution in [1.82, 2.24) is 15.5 Å². The number of carbonyl (C=O) groups is 1. The number of carbonyl (C=O) groups excluding carboxylic acids is 1. The molecule has 5 nitrogen and oxygen atoms in total. The van der Waals surface area contributed by atoms with Gasteiger partial charge in [0.1, 0.15) is 5.01 Å². The third-order valence-corrected chi connectivity index (χ3v) is 4.88. The summed E-state index contributed by atoms with van der Waals surface area (Å²) in [6, 6.07) is 9.95. The van der Waals surface area contributed by atoms with E-state index in [-0.39, 0.29) is 18.4 Å². The molecule has 0 bridgehead atoms. The Labute approximate surface area is 140 Å². The molecule has 0 saturated carbocycles. The van der Waals surface area contributed by atoms with Gasteiger partial charge in [-0.3, -0.25) is 4.79 Å². The van der Waals surface area contributed by atoms with Gasteiger partial charge in [-0.05, 0) is 12.0 Å². The fraction of sp³-hybridized carbons (Fsp3) is 0.471. The quantitative estimate of drug-likeness (QED) is 0.817. The Morgan fingerprint density at radius 2 is 2.00 bits per heavy atom. The number of hydrogen-bond acceptors (Lipinski definition) is 5.